The number of ether oxygens (including phenoxy) is 1. The van der Waals surface area contributed by atoms with Crippen molar-refractivity contribution < 1.29 is 14.6 Å². The topological polar surface area (TPSA) is 46.5 Å². The molecule has 1 aliphatic heterocycles. The van der Waals surface area contributed by atoms with E-state index in [1.807, 2.05) is 30.3 Å². The fourth-order valence-electron chi connectivity index (χ4n) is 2.34. The number of phenols is 1. The van der Waals surface area contributed by atoms with Crippen molar-refractivity contribution in [1.82, 2.24) is 0 Å². The Morgan fingerprint density at radius 3 is 2.84 bits per heavy atom. The molecular weight excluding hydrogens is 240 g/mol. The van der Waals surface area contributed by atoms with Gasteiger partial charge in [0.1, 0.15) is 11.5 Å². The third-order valence-electron chi connectivity index (χ3n) is 3.30. The average Bonchev–Trinajstić information content (AvgIpc) is 2.82. The van der Waals surface area contributed by atoms with E-state index in [1.54, 1.807) is 18.2 Å². The Morgan fingerprint density at radius 2 is 2.05 bits per heavy atom. The van der Waals surface area contributed by atoms with Crippen molar-refractivity contribution in [3.05, 3.63) is 59.7 Å². The Morgan fingerprint density at radius 1 is 1.21 bits per heavy atom. The molecule has 0 amide bonds. The number of aromatic hydroxyl groups is 1. The molecule has 1 unspecified atom stereocenters. The number of hydrogen-bond acceptors (Lipinski definition) is 3. The zero-order chi connectivity index (χ0) is 13.2. The Kier molecular flexibility index (Phi) is 2.95. The number of rotatable bonds is 3. The van der Waals surface area contributed by atoms with Crippen molar-refractivity contribution in [3.63, 3.8) is 0 Å². The number of benzene rings is 2. The highest BCUT2D eigenvalue weighted by atomic mass is 16.5. The first-order valence-electron chi connectivity index (χ1n) is 6.27. The monoisotopic (exact) mass is 254 g/mol. The molecule has 2 aromatic rings. The molecular formula is C16H14O3. The van der Waals surface area contributed by atoms with Gasteiger partial charge in [0.25, 0.3) is 0 Å². The zero-order valence-electron chi connectivity index (χ0n) is 10.4. The smallest absolute Gasteiger partial charge is 0.177 e. The molecule has 0 spiro atoms. The van der Waals surface area contributed by atoms with Gasteiger partial charge in [-0.2, -0.15) is 0 Å². The van der Waals surface area contributed by atoms with Crippen LogP contribution in [0.15, 0.2) is 48.5 Å². The van der Waals surface area contributed by atoms with E-state index in [0.717, 1.165) is 16.9 Å². The van der Waals surface area contributed by atoms with Gasteiger partial charge in [0.05, 0.1) is 0 Å². The van der Waals surface area contributed by atoms with Gasteiger partial charge >= 0.3 is 0 Å². The maximum atomic E-state index is 12.2. The number of phenolic OH excluding ortho intramolecular Hbond substituents is 1. The summed E-state index contributed by atoms with van der Waals surface area (Å²) in [7, 11) is 0. The SMILES string of the molecule is O=C(Cc1cccc(O)c1)C1Cc2ccccc2O1. The van der Waals surface area contributed by atoms with Crippen LogP contribution in [-0.4, -0.2) is 17.0 Å². The second kappa shape index (κ2) is 4.76. The van der Waals surface area contributed by atoms with E-state index in [1.165, 1.54) is 0 Å². The molecule has 1 atom stereocenters. The first-order valence-corrected chi connectivity index (χ1v) is 6.27. The number of Topliss-reactive ketones (excluding diaryl/α,β-unsaturated/α-hetero) is 1. The maximum absolute atomic E-state index is 12.2. The quantitative estimate of drug-likeness (QED) is 0.915. The summed E-state index contributed by atoms with van der Waals surface area (Å²) in [5, 5.41) is 9.39. The summed E-state index contributed by atoms with van der Waals surface area (Å²) in [6.07, 6.45) is 0.515. The van der Waals surface area contributed by atoms with E-state index in [9.17, 15) is 9.90 Å². The third kappa shape index (κ3) is 2.45. The molecule has 0 saturated carbocycles. The molecule has 0 radical (unpaired) electrons. The molecule has 0 aliphatic carbocycles. The molecule has 19 heavy (non-hydrogen) atoms. The van der Waals surface area contributed by atoms with Crippen LogP contribution in [0.25, 0.3) is 0 Å². The summed E-state index contributed by atoms with van der Waals surface area (Å²) in [5.74, 6) is 1.03. The van der Waals surface area contributed by atoms with Gasteiger partial charge in [-0.05, 0) is 29.3 Å². The highest BCUT2D eigenvalue weighted by molar-refractivity contribution is 5.86. The minimum absolute atomic E-state index is 0.0433. The Balaban J connectivity index is 1.70. The van der Waals surface area contributed by atoms with Gasteiger partial charge in [-0.15, -0.1) is 0 Å². The molecule has 0 bridgehead atoms. The second-order valence-corrected chi connectivity index (χ2v) is 4.73. The minimum Gasteiger partial charge on any atom is -0.508 e. The van der Waals surface area contributed by atoms with E-state index in [4.69, 9.17) is 4.74 Å². The van der Waals surface area contributed by atoms with Crippen molar-refractivity contribution in [2.45, 2.75) is 18.9 Å². The normalized spacial score (nSPS) is 16.7. The van der Waals surface area contributed by atoms with E-state index in [0.29, 0.717) is 6.42 Å². The van der Waals surface area contributed by atoms with Gasteiger partial charge in [-0.25, -0.2) is 0 Å². The van der Waals surface area contributed by atoms with E-state index in [-0.39, 0.29) is 18.0 Å². The lowest BCUT2D eigenvalue weighted by Crippen LogP contribution is -2.26. The number of carbonyl (C=O) groups excluding carboxylic acids is 1. The molecule has 0 saturated heterocycles. The lowest BCUT2D eigenvalue weighted by atomic mass is 10.0. The maximum Gasteiger partial charge on any atom is 0.177 e. The predicted molar refractivity (Wildman–Crippen MR) is 71.4 cm³/mol. The zero-order valence-corrected chi connectivity index (χ0v) is 10.4. The average molecular weight is 254 g/mol. The molecule has 96 valence electrons. The number of para-hydroxylation sites is 1. The number of fused-ring (bicyclic) bond motifs is 1. The lowest BCUT2D eigenvalue weighted by Gasteiger charge is -2.09. The highest BCUT2D eigenvalue weighted by Crippen LogP contribution is 2.29. The molecule has 1 aliphatic rings. The fraction of sp³-hybridized carbons (Fsp3) is 0.188. The van der Waals surface area contributed by atoms with Gasteiger partial charge < -0.3 is 9.84 Å². The van der Waals surface area contributed by atoms with Crippen LogP contribution in [-0.2, 0) is 17.6 Å². The van der Waals surface area contributed by atoms with Gasteiger partial charge in [0.15, 0.2) is 11.9 Å². The van der Waals surface area contributed by atoms with Crippen molar-refractivity contribution in [2.24, 2.45) is 0 Å². The molecule has 1 heterocycles. The summed E-state index contributed by atoms with van der Waals surface area (Å²) >= 11 is 0. The number of hydrogen-bond donors (Lipinski definition) is 1. The van der Waals surface area contributed by atoms with Crippen LogP contribution in [0, 0.1) is 0 Å². The summed E-state index contributed by atoms with van der Waals surface area (Å²) in [6.45, 7) is 0. The van der Waals surface area contributed by atoms with E-state index < -0.39 is 6.10 Å². The van der Waals surface area contributed by atoms with Crippen LogP contribution in [0.3, 0.4) is 0 Å². The molecule has 0 fully saturated rings. The number of ketones is 1. The fourth-order valence-corrected chi connectivity index (χ4v) is 2.34. The van der Waals surface area contributed by atoms with Crippen LogP contribution < -0.4 is 4.74 Å². The minimum atomic E-state index is -0.403. The van der Waals surface area contributed by atoms with E-state index in [2.05, 4.69) is 0 Å². The van der Waals surface area contributed by atoms with Gasteiger partial charge in [0.2, 0.25) is 0 Å². The highest BCUT2D eigenvalue weighted by Gasteiger charge is 2.28. The predicted octanol–water partition coefficient (Wildman–Crippen LogP) is 2.51. The summed E-state index contributed by atoms with van der Waals surface area (Å²) in [4.78, 5) is 12.2. The van der Waals surface area contributed by atoms with Crippen molar-refractivity contribution in [1.29, 1.82) is 0 Å². The van der Waals surface area contributed by atoms with Gasteiger partial charge in [-0.3, -0.25) is 4.79 Å². The summed E-state index contributed by atoms with van der Waals surface area (Å²) in [5.41, 5.74) is 1.89. The van der Waals surface area contributed by atoms with Crippen molar-refractivity contribution in [3.8, 4) is 11.5 Å². The standard InChI is InChI=1S/C16H14O3/c17-13-6-3-4-11(8-13)9-14(18)16-10-12-5-1-2-7-15(12)19-16/h1-8,16-17H,9-10H2. The first-order chi connectivity index (χ1) is 9.22. The Bertz CT molecular complexity index is 594. The first kappa shape index (κ1) is 11.8. The lowest BCUT2D eigenvalue weighted by molar-refractivity contribution is -0.124. The van der Waals surface area contributed by atoms with Crippen LogP contribution in [0.1, 0.15) is 11.1 Å². The third-order valence-corrected chi connectivity index (χ3v) is 3.30. The molecule has 2 aromatic carbocycles. The molecule has 1 N–H and O–H groups in total. The largest absolute Gasteiger partial charge is 0.508 e. The van der Waals surface area contributed by atoms with Crippen molar-refractivity contribution >= 4 is 5.78 Å². The van der Waals surface area contributed by atoms with Crippen LogP contribution in [0.5, 0.6) is 11.5 Å². The Hall–Kier alpha value is -2.29. The second-order valence-electron chi connectivity index (χ2n) is 4.73. The Labute approximate surface area is 111 Å². The molecule has 3 rings (SSSR count). The molecule has 3 heteroatoms. The summed E-state index contributed by atoms with van der Waals surface area (Å²) in [6, 6.07) is 14.5. The van der Waals surface area contributed by atoms with Crippen LogP contribution in [0.4, 0.5) is 0 Å². The summed E-state index contributed by atoms with van der Waals surface area (Å²) < 4.78 is 5.66. The number of carbonyl (C=O) groups is 1. The molecule has 3 nitrogen and oxygen atoms in total. The van der Waals surface area contributed by atoms with E-state index >= 15 is 0 Å². The van der Waals surface area contributed by atoms with Crippen molar-refractivity contribution in [2.75, 3.05) is 0 Å². The molecule has 0 aromatic heterocycles. The van der Waals surface area contributed by atoms with Crippen LogP contribution in [0.2, 0.25) is 0 Å². The van der Waals surface area contributed by atoms with Gasteiger partial charge in [0, 0.05) is 12.8 Å². The van der Waals surface area contributed by atoms with Gasteiger partial charge in [-0.1, -0.05) is 30.3 Å². The van der Waals surface area contributed by atoms with Crippen LogP contribution >= 0.6 is 0 Å².